The number of amides is 1. The van der Waals surface area contributed by atoms with Gasteiger partial charge in [-0.05, 0) is 44.8 Å². The second-order valence-corrected chi connectivity index (χ2v) is 7.49. The zero-order chi connectivity index (χ0) is 15.6. The Labute approximate surface area is 135 Å². The number of nitrogens with zero attached hydrogens (tertiary/aromatic N) is 2. The number of thiazole rings is 1. The zero-order valence-corrected chi connectivity index (χ0v) is 13.9. The molecule has 2 saturated heterocycles. The molecule has 2 aliphatic heterocycles. The number of hydrogen-bond donors (Lipinski definition) is 3. The van der Waals surface area contributed by atoms with Crippen LogP contribution in [0.1, 0.15) is 25.0 Å². The molecule has 1 aromatic rings. The maximum absolute atomic E-state index is 12.5. The van der Waals surface area contributed by atoms with Gasteiger partial charge in [-0.2, -0.15) is 0 Å². The molecule has 6 nitrogen and oxygen atoms in total. The van der Waals surface area contributed by atoms with Crippen LogP contribution in [0.3, 0.4) is 0 Å². The standard InChI is InChI=1S/C15H25N5OS/c1-20-10-15(3-6-17-7-4-15)8-12(20)13(21)18-5-2-11-9-22-14(16)19-11/h9,12,17H,2-8,10H2,1H3,(H2,16,19)(H,18,21)/t12-/m1/s1. The first-order valence-electron chi connectivity index (χ1n) is 7.97. The van der Waals surface area contributed by atoms with Crippen molar-refractivity contribution in [3.63, 3.8) is 0 Å². The molecule has 0 radical (unpaired) electrons. The Morgan fingerprint density at radius 3 is 3.05 bits per heavy atom. The third-order valence-corrected chi connectivity index (χ3v) is 5.68. The highest BCUT2D eigenvalue weighted by molar-refractivity contribution is 7.13. The van der Waals surface area contributed by atoms with E-state index in [1.807, 2.05) is 5.38 Å². The van der Waals surface area contributed by atoms with E-state index in [1.54, 1.807) is 0 Å². The highest BCUT2D eigenvalue weighted by Crippen LogP contribution is 2.41. The van der Waals surface area contributed by atoms with Gasteiger partial charge in [0.15, 0.2) is 5.13 Å². The fraction of sp³-hybridized carbons (Fsp3) is 0.733. The largest absolute Gasteiger partial charge is 0.375 e. The molecular formula is C15H25N5OS. The van der Waals surface area contributed by atoms with Gasteiger partial charge in [-0.3, -0.25) is 9.69 Å². The number of nitrogens with one attached hydrogen (secondary N) is 2. The lowest BCUT2D eigenvalue weighted by atomic mass is 9.77. The molecule has 0 saturated carbocycles. The van der Waals surface area contributed by atoms with Crippen molar-refractivity contribution < 1.29 is 4.79 Å². The number of nitrogens with two attached hydrogens (primary N) is 1. The molecule has 0 unspecified atom stereocenters. The minimum atomic E-state index is 0.0126. The molecule has 1 aromatic heterocycles. The first-order chi connectivity index (χ1) is 10.6. The summed E-state index contributed by atoms with van der Waals surface area (Å²) in [7, 11) is 2.07. The Morgan fingerprint density at radius 1 is 1.59 bits per heavy atom. The van der Waals surface area contributed by atoms with Gasteiger partial charge in [0.05, 0.1) is 11.7 Å². The topological polar surface area (TPSA) is 83.3 Å². The summed E-state index contributed by atoms with van der Waals surface area (Å²) in [6, 6.07) is 0.0126. The van der Waals surface area contributed by atoms with Crippen LogP contribution in [0.15, 0.2) is 5.38 Å². The van der Waals surface area contributed by atoms with Crippen LogP contribution in [-0.4, -0.2) is 55.1 Å². The van der Waals surface area contributed by atoms with Crippen molar-refractivity contribution in [2.24, 2.45) is 5.41 Å². The average molecular weight is 323 g/mol. The summed E-state index contributed by atoms with van der Waals surface area (Å²) in [6.45, 7) is 3.82. The van der Waals surface area contributed by atoms with Crippen LogP contribution in [-0.2, 0) is 11.2 Å². The van der Waals surface area contributed by atoms with E-state index >= 15 is 0 Å². The van der Waals surface area contributed by atoms with E-state index in [2.05, 4.69) is 27.6 Å². The van der Waals surface area contributed by atoms with E-state index in [4.69, 9.17) is 5.73 Å². The normalized spacial score (nSPS) is 24.7. The Morgan fingerprint density at radius 2 is 2.36 bits per heavy atom. The summed E-state index contributed by atoms with van der Waals surface area (Å²) in [5.74, 6) is 0.154. The van der Waals surface area contributed by atoms with Gasteiger partial charge in [-0.15, -0.1) is 11.3 Å². The van der Waals surface area contributed by atoms with E-state index in [0.717, 1.165) is 38.2 Å². The Bertz CT molecular complexity index is 526. The third kappa shape index (κ3) is 3.42. The summed E-state index contributed by atoms with van der Waals surface area (Å²) in [6.07, 6.45) is 4.09. The van der Waals surface area contributed by atoms with E-state index < -0.39 is 0 Å². The fourth-order valence-corrected chi connectivity index (χ4v) is 4.35. The van der Waals surface area contributed by atoms with Crippen molar-refractivity contribution in [3.8, 4) is 0 Å². The van der Waals surface area contributed by atoms with Crippen LogP contribution in [0, 0.1) is 5.41 Å². The molecule has 0 aromatic carbocycles. The lowest BCUT2D eigenvalue weighted by molar-refractivity contribution is -0.125. The van der Waals surface area contributed by atoms with E-state index in [9.17, 15) is 4.79 Å². The third-order valence-electron chi connectivity index (χ3n) is 4.96. The number of hydrogen-bond acceptors (Lipinski definition) is 6. The number of likely N-dealkylation sites (N-methyl/N-ethyl adjacent to an activating group) is 1. The van der Waals surface area contributed by atoms with Gasteiger partial charge in [0.1, 0.15) is 0 Å². The molecule has 0 aliphatic carbocycles. The number of nitrogen functional groups attached to an aromatic ring is 1. The van der Waals surface area contributed by atoms with Gasteiger partial charge in [0.25, 0.3) is 0 Å². The molecular weight excluding hydrogens is 298 g/mol. The monoisotopic (exact) mass is 323 g/mol. The first kappa shape index (κ1) is 15.7. The van der Waals surface area contributed by atoms with E-state index in [0.29, 0.717) is 17.1 Å². The highest BCUT2D eigenvalue weighted by atomic mass is 32.1. The Hall–Kier alpha value is -1.18. The molecule has 1 atom stereocenters. The molecule has 3 rings (SSSR count). The number of rotatable bonds is 4. The van der Waals surface area contributed by atoms with Crippen LogP contribution in [0.5, 0.6) is 0 Å². The van der Waals surface area contributed by atoms with Crippen molar-refractivity contribution in [3.05, 3.63) is 11.1 Å². The SMILES string of the molecule is CN1CC2(CCNCC2)C[C@@H]1C(=O)NCCc1csc(N)n1. The van der Waals surface area contributed by atoms with Crippen molar-refractivity contribution >= 4 is 22.4 Å². The predicted octanol–water partition coefficient (Wildman–Crippen LogP) is 0.458. The van der Waals surface area contributed by atoms with Gasteiger partial charge < -0.3 is 16.4 Å². The Balaban J connectivity index is 1.49. The minimum absolute atomic E-state index is 0.0126. The lowest BCUT2D eigenvalue weighted by Gasteiger charge is -2.33. The van der Waals surface area contributed by atoms with Crippen LogP contribution < -0.4 is 16.4 Å². The molecule has 2 aliphatic rings. The van der Waals surface area contributed by atoms with Crippen LogP contribution in [0.4, 0.5) is 5.13 Å². The van der Waals surface area contributed by atoms with Crippen molar-refractivity contribution in [2.45, 2.75) is 31.7 Å². The number of aromatic nitrogens is 1. The maximum atomic E-state index is 12.5. The minimum Gasteiger partial charge on any atom is -0.375 e. The average Bonchev–Trinajstić information content (AvgIpc) is 3.04. The lowest BCUT2D eigenvalue weighted by Crippen LogP contribution is -2.42. The highest BCUT2D eigenvalue weighted by Gasteiger charge is 2.45. The molecule has 1 spiro atoms. The summed E-state index contributed by atoms with van der Waals surface area (Å²) < 4.78 is 0. The molecule has 4 N–H and O–H groups in total. The quantitative estimate of drug-likeness (QED) is 0.750. The van der Waals surface area contributed by atoms with Crippen LogP contribution in [0.2, 0.25) is 0 Å². The number of piperidine rings is 1. The summed E-state index contributed by atoms with van der Waals surface area (Å²) in [4.78, 5) is 18.9. The van der Waals surface area contributed by atoms with Gasteiger partial charge in [-0.1, -0.05) is 0 Å². The van der Waals surface area contributed by atoms with Gasteiger partial charge >= 0.3 is 0 Å². The van der Waals surface area contributed by atoms with Gasteiger partial charge in [0, 0.05) is 24.9 Å². The first-order valence-corrected chi connectivity index (χ1v) is 8.85. The maximum Gasteiger partial charge on any atom is 0.237 e. The zero-order valence-electron chi connectivity index (χ0n) is 13.1. The summed E-state index contributed by atoms with van der Waals surface area (Å²) in [5, 5.41) is 9.02. The number of carbonyl (C=O) groups excluding carboxylic acids is 1. The summed E-state index contributed by atoms with van der Waals surface area (Å²) in [5.41, 5.74) is 6.91. The van der Waals surface area contributed by atoms with Crippen LogP contribution in [0.25, 0.3) is 0 Å². The summed E-state index contributed by atoms with van der Waals surface area (Å²) >= 11 is 1.44. The molecule has 122 valence electrons. The van der Waals surface area contributed by atoms with Crippen molar-refractivity contribution in [1.29, 1.82) is 0 Å². The molecule has 3 heterocycles. The van der Waals surface area contributed by atoms with Crippen molar-refractivity contribution in [2.75, 3.05) is 39.0 Å². The Kier molecular flexibility index (Phi) is 4.65. The molecule has 7 heteroatoms. The predicted molar refractivity (Wildman–Crippen MR) is 88.8 cm³/mol. The molecule has 1 amide bonds. The smallest absolute Gasteiger partial charge is 0.237 e. The van der Waals surface area contributed by atoms with Gasteiger partial charge in [0.2, 0.25) is 5.91 Å². The number of anilines is 1. The van der Waals surface area contributed by atoms with Gasteiger partial charge in [-0.25, -0.2) is 4.98 Å². The molecule has 2 fully saturated rings. The van der Waals surface area contributed by atoms with E-state index in [-0.39, 0.29) is 11.9 Å². The molecule has 22 heavy (non-hydrogen) atoms. The fourth-order valence-electron chi connectivity index (χ4n) is 3.75. The molecule has 0 bridgehead atoms. The number of likely N-dealkylation sites (tertiary alicyclic amines) is 1. The van der Waals surface area contributed by atoms with E-state index in [1.165, 1.54) is 24.2 Å². The second kappa shape index (κ2) is 6.52. The second-order valence-electron chi connectivity index (χ2n) is 6.60. The van der Waals surface area contributed by atoms with Crippen molar-refractivity contribution in [1.82, 2.24) is 20.5 Å². The number of carbonyl (C=O) groups is 1. The van der Waals surface area contributed by atoms with Crippen LogP contribution >= 0.6 is 11.3 Å².